The first-order chi connectivity index (χ1) is 12.4. The summed E-state index contributed by atoms with van der Waals surface area (Å²) >= 11 is 0. The molecular weight excluding hydrogens is 330 g/mol. The third kappa shape index (κ3) is 6.85. The van der Waals surface area contributed by atoms with Crippen LogP contribution < -0.4 is 4.74 Å². The van der Waals surface area contributed by atoms with Crippen LogP contribution in [0.4, 0.5) is 0 Å². The molecule has 0 saturated carbocycles. The predicted molar refractivity (Wildman–Crippen MR) is 99.8 cm³/mol. The highest BCUT2D eigenvalue weighted by atomic mass is 16.7. The van der Waals surface area contributed by atoms with Gasteiger partial charge in [0.05, 0.1) is 30.4 Å². The van der Waals surface area contributed by atoms with Gasteiger partial charge in [0.25, 0.3) is 0 Å². The second kappa shape index (κ2) is 9.35. The van der Waals surface area contributed by atoms with Crippen molar-refractivity contribution in [2.75, 3.05) is 20.0 Å². The Morgan fingerprint density at radius 1 is 0.962 bits per heavy atom. The molecule has 0 spiro atoms. The minimum atomic E-state index is -0.684. The van der Waals surface area contributed by atoms with E-state index in [0.29, 0.717) is 11.3 Å². The van der Waals surface area contributed by atoms with E-state index in [1.165, 1.54) is 0 Å². The normalized spacial score (nSPS) is 12.4. The Hall–Kier alpha value is -2.39. The van der Waals surface area contributed by atoms with Gasteiger partial charge >= 0.3 is 0 Å². The van der Waals surface area contributed by atoms with Gasteiger partial charge in [0.2, 0.25) is 0 Å². The van der Waals surface area contributed by atoms with E-state index in [1.54, 1.807) is 12.1 Å². The van der Waals surface area contributed by atoms with Gasteiger partial charge in [-0.2, -0.15) is 5.26 Å². The van der Waals surface area contributed by atoms with E-state index in [0.717, 1.165) is 11.1 Å². The third-order valence-corrected chi connectivity index (χ3v) is 3.53. The SMILES string of the molecule is CC(C)(C)OCC(O)COCOc1ccc(-c2ccc(C#N)cc2)cc1. The van der Waals surface area contributed by atoms with Crippen molar-refractivity contribution in [3.05, 3.63) is 54.1 Å². The van der Waals surface area contributed by atoms with Crippen molar-refractivity contribution in [2.45, 2.75) is 32.5 Å². The van der Waals surface area contributed by atoms with Crippen molar-refractivity contribution >= 4 is 0 Å². The van der Waals surface area contributed by atoms with Gasteiger partial charge in [0, 0.05) is 0 Å². The van der Waals surface area contributed by atoms with E-state index in [4.69, 9.17) is 19.5 Å². The van der Waals surface area contributed by atoms with Gasteiger partial charge in [0.1, 0.15) is 11.9 Å². The van der Waals surface area contributed by atoms with Crippen LogP contribution in [0.25, 0.3) is 11.1 Å². The molecule has 2 aromatic rings. The Kier molecular flexibility index (Phi) is 7.16. The van der Waals surface area contributed by atoms with Crippen molar-refractivity contribution in [3.8, 4) is 22.9 Å². The second-order valence-corrected chi connectivity index (χ2v) is 6.92. The summed E-state index contributed by atoms with van der Waals surface area (Å²) in [6.45, 7) is 6.24. The van der Waals surface area contributed by atoms with Crippen molar-refractivity contribution in [1.29, 1.82) is 5.26 Å². The molecule has 2 rings (SSSR count). The highest BCUT2D eigenvalue weighted by Crippen LogP contribution is 2.22. The first-order valence-corrected chi connectivity index (χ1v) is 8.50. The van der Waals surface area contributed by atoms with Crippen LogP contribution in [0.1, 0.15) is 26.3 Å². The van der Waals surface area contributed by atoms with Crippen molar-refractivity contribution < 1.29 is 19.3 Å². The van der Waals surface area contributed by atoms with Crippen LogP contribution in [0.2, 0.25) is 0 Å². The molecule has 0 aliphatic heterocycles. The topological polar surface area (TPSA) is 71.7 Å². The lowest BCUT2D eigenvalue weighted by Gasteiger charge is -2.21. The number of aliphatic hydroxyl groups is 1. The quantitative estimate of drug-likeness (QED) is 0.577. The zero-order valence-electron chi connectivity index (χ0n) is 15.4. The van der Waals surface area contributed by atoms with Gasteiger partial charge in [0.15, 0.2) is 6.79 Å². The average Bonchev–Trinajstić information content (AvgIpc) is 2.63. The fourth-order valence-electron chi connectivity index (χ4n) is 2.17. The molecule has 0 radical (unpaired) electrons. The van der Waals surface area contributed by atoms with E-state index in [2.05, 4.69) is 6.07 Å². The average molecular weight is 355 g/mol. The summed E-state index contributed by atoms with van der Waals surface area (Å²) in [6.07, 6.45) is -0.684. The molecule has 5 heteroatoms. The van der Waals surface area contributed by atoms with E-state index in [-0.39, 0.29) is 25.6 Å². The van der Waals surface area contributed by atoms with Crippen molar-refractivity contribution in [3.63, 3.8) is 0 Å². The maximum absolute atomic E-state index is 9.78. The van der Waals surface area contributed by atoms with E-state index < -0.39 is 6.10 Å². The Bertz CT molecular complexity index is 712. The fraction of sp³-hybridized carbons (Fsp3) is 0.381. The highest BCUT2D eigenvalue weighted by Gasteiger charge is 2.13. The third-order valence-electron chi connectivity index (χ3n) is 3.53. The van der Waals surface area contributed by atoms with Crippen LogP contribution in [0, 0.1) is 11.3 Å². The summed E-state index contributed by atoms with van der Waals surface area (Å²) in [6, 6.07) is 17.1. The minimum Gasteiger partial charge on any atom is -0.468 e. The van der Waals surface area contributed by atoms with Gasteiger partial charge in [-0.25, -0.2) is 0 Å². The first-order valence-electron chi connectivity index (χ1n) is 8.50. The molecular formula is C21H25NO4. The number of ether oxygens (including phenoxy) is 3. The largest absolute Gasteiger partial charge is 0.468 e. The number of hydrogen-bond donors (Lipinski definition) is 1. The van der Waals surface area contributed by atoms with Gasteiger partial charge in [-0.05, 0) is 56.2 Å². The van der Waals surface area contributed by atoms with Crippen LogP contribution in [0.5, 0.6) is 5.75 Å². The fourth-order valence-corrected chi connectivity index (χ4v) is 2.17. The predicted octanol–water partition coefficient (Wildman–Crippen LogP) is 3.75. The molecule has 1 unspecified atom stereocenters. The molecule has 0 fully saturated rings. The molecule has 1 N–H and O–H groups in total. The molecule has 2 aromatic carbocycles. The number of benzene rings is 2. The summed E-state index contributed by atoms with van der Waals surface area (Å²) in [5, 5.41) is 18.6. The maximum atomic E-state index is 9.78. The monoisotopic (exact) mass is 355 g/mol. The second-order valence-electron chi connectivity index (χ2n) is 6.92. The molecule has 26 heavy (non-hydrogen) atoms. The van der Waals surface area contributed by atoms with Crippen LogP contribution in [-0.4, -0.2) is 36.8 Å². The Morgan fingerprint density at radius 2 is 1.54 bits per heavy atom. The molecule has 1 atom stereocenters. The van der Waals surface area contributed by atoms with E-state index in [9.17, 15) is 5.11 Å². The molecule has 0 aromatic heterocycles. The van der Waals surface area contributed by atoms with E-state index >= 15 is 0 Å². The lowest BCUT2D eigenvalue weighted by Crippen LogP contribution is -2.29. The zero-order valence-corrected chi connectivity index (χ0v) is 15.4. The lowest BCUT2D eigenvalue weighted by atomic mass is 10.0. The lowest BCUT2D eigenvalue weighted by molar-refractivity contribution is -0.0870. The Labute approximate surface area is 154 Å². The standard InChI is InChI=1S/C21H25NO4/c1-21(2,3)26-14-19(23)13-24-15-25-20-10-8-18(9-11-20)17-6-4-16(12-22)5-7-17/h4-11,19,23H,13-15H2,1-3H3. The number of aliphatic hydroxyl groups excluding tert-OH is 1. The summed E-state index contributed by atoms with van der Waals surface area (Å²) in [4.78, 5) is 0. The molecule has 0 heterocycles. The van der Waals surface area contributed by atoms with Gasteiger partial charge in [-0.15, -0.1) is 0 Å². The van der Waals surface area contributed by atoms with Crippen LogP contribution in [-0.2, 0) is 9.47 Å². The molecule has 0 amide bonds. The molecule has 0 aliphatic rings. The smallest absolute Gasteiger partial charge is 0.189 e. The first kappa shape index (κ1) is 19.9. The van der Waals surface area contributed by atoms with Gasteiger partial charge in [-0.3, -0.25) is 0 Å². The number of hydrogen-bond acceptors (Lipinski definition) is 5. The molecule has 0 bridgehead atoms. The van der Waals surface area contributed by atoms with Gasteiger partial charge < -0.3 is 19.3 Å². The molecule has 5 nitrogen and oxygen atoms in total. The number of rotatable bonds is 8. The molecule has 0 saturated heterocycles. The van der Waals surface area contributed by atoms with E-state index in [1.807, 2.05) is 57.2 Å². The summed E-state index contributed by atoms with van der Waals surface area (Å²) in [7, 11) is 0. The summed E-state index contributed by atoms with van der Waals surface area (Å²) in [5.41, 5.74) is 2.43. The summed E-state index contributed by atoms with van der Waals surface area (Å²) < 4.78 is 16.3. The molecule has 0 aliphatic carbocycles. The summed E-state index contributed by atoms with van der Waals surface area (Å²) in [5.74, 6) is 0.683. The number of nitriles is 1. The van der Waals surface area contributed by atoms with Crippen molar-refractivity contribution in [2.24, 2.45) is 0 Å². The molecule has 138 valence electrons. The number of nitrogens with zero attached hydrogens (tertiary/aromatic N) is 1. The highest BCUT2D eigenvalue weighted by molar-refractivity contribution is 5.64. The van der Waals surface area contributed by atoms with Crippen LogP contribution in [0.3, 0.4) is 0 Å². The van der Waals surface area contributed by atoms with Crippen LogP contribution in [0.15, 0.2) is 48.5 Å². The Morgan fingerprint density at radius 3 is 2.08 bits per heavy atom. The van der Waals surface area contributed by atoms with Gasteiger partial charge in [-0.1, -0.05) is 24.3 Å². The van der Waals surface area contributed by atoms with Crippen LogP contribution >= 0.6 is 0 Å². The zero-order chi connectivity index (χ0) is 19.0. The minimum absolute atomic E-state index is 0.0583. The maximum Gasteiger partial charge on any atom is 0.189 e. The Balaban J connectivity index is 1.74. The van der Waals surface area contributed by atoms with Crippen molar-refractivity contribution in [1.82, 2.24) is 0 Å².